The third kappa shape index (κ3) is 6.47. The molecule has 0 aliphatic rings. The Labute approximate surface area is 180 Å². The molecule has 0 aliphatic carbocycles. The summed E-state index contributed by atoms with van der Waals surface area (Å²) in [6, 6.07) is 25.7. The molecule has 0 saturated carbocycles. The zero-order valence-electron chi connectivity index (χ0n) is 16.4. The number of carbonyl (C=O) groups excluding carboxylic acids is 2. The van der Waals surface area contributed by atoms with Crippen LogP contribution in [0, 0.1) is 0 Å². The van der Waals surface area contributed by atoms with Crippen LogP contribution in [0.5, 0.6) is 5.75 Å². The minimum absolute atomic E-state index is 0.0430. The van der Waals surface area contributed by atoms with Gasteiger partial charge in [-0.3, -0.25) is 9.59 Å². The van der Waals surface area contributed by atoms with Gasteiger partial charge < -0.3 is 15.2 Å². The summed E-state index contributed by atoms with van der Waals surface area (Å²) in [4.78, 5) is 25.1. The number of hydrogen-bond acceptors (Lipinski definition) is 5. The molecule has 3 aromatic rings. The molecular formula is C24H23NO4S. The molecular weight excluding hydrogens is 398 g/mol. The maximum atomic E-state index is 12.6. The van der Waals surface area contributed by atoms with Crippen LogP contribution in [-0.2, 0) is 4.79 Å². The summed E-state index contributed by atoms with van der Waals surface area (Å²) in [6.07, 6.45) is 0.242. The molecule has 0 bridgehead atoms. The van der Waals surface area contributed by atoms with E-state index in [-0.39, 0.29) is 23.4 Å². The van der Waals surface area contributed by atoms with Crippen LogP contribution >= 0.6 is 11.8 Å². The van der Waals surface area contributed by atoms with E-state index >= 15 is 0 Å². The number of hydrogen-bond donors (Lipinski definition) is 2. The van der Waals surface area contributed by atoms with Gasteiger partial charge in [-0.25, -0.2) is 0 Å². The van der Waals surface area contributed by atoms with Crippen LogP contribution in [0.4, 0.5) is 5.69 Å². The molecule has 6 heteroatoms. The van der Waals surface area contributed by atoms with E-state index in [1.807, 2.05) is 48.5 Å². The summed E-state index contributed by atoms with van der Waals surface area (Å²) < 4.78 is 4.99. The van der Waals surface area contributed by atoms with Crippen molar-refractivity contribution in [1.82, 2.24) is 0 Å². The summed E-state index contributed by atoms with van der Waals surface area (Å²) in [5.41, 5.74) is 2.32. The lowest BCUT2D eigenvalue weighted by Gasteiger charge is -2.17. The summed E-state index contributed by atoms with van der Waals surface area (Å²) >= 11 is 1.47. The van der Waals surface area contributed by atoms with Gasteiger partial charge in [-0.1, -0.05) is 60.7 Å². The van der Waals surface area contributed by atoms with Gasteiger partial charge >= 0.3 is 0 Å². The fraction of sp³-hybridized carbons (Fsp3) is 0.167. The van der Waals surface area contributed by atoms with Crippen molar-refractivity contribution in [1.29, 1.82) is 0 Å². The maximum absolute atomic E-state index is 12.6. The Hall–Kier alpha value is -3.09. The van der Waals surface area contributed by atoms with Gasteiger partial charge in [0.1, 0.15) is 5.75 Å². The second-order valence-corrected chi connectivity index (χ2v) is 7.74. The molecule has 3 aromatic carbocycles. The van der Waals surface area contributed by atoms with Crippen molar-refractivity contribution in [2.75, 3.05) is 17.9 Å². The van der Waals surface area contributed by atoms with Gasteiger partial charge in [-0.15, -0.1) is 11.8 Å². The average Bonchev–Trinajstić information content (AvgIpc) is 2.79. The van der Waals surface area contributed by atoms with Crippen LogP contribution in [0.1, 0.15) is 27.6 Å². The Kier molecular flexibility index (Phi) is 8.06. The molecule has 0 heterocycles. The van der Waals surface area contributed by atoms with Crippen LogP contribution in [0.2, 0.25) is 0 Å². The minimum Gasteiger partial charge on any atom is -0.468 e. The molecule has 0 unspecified atom stereocenters. The number of nitrogens with one attached hydrogen (secondary N) is 1. The number of Topliss-reactive ketones (excluding diaryl/α,β-unsaturated/α-hetero) is 1. The standard InChI is InChI=1S/C24H23NO4S/c26-17-29-21-13-11-20(12-14-21)25-24(28)15-23(19-9-5-2-6-10-19)30-16-22(27)18-7-3-1-4-8-18/h1-14,23,26H,15-17H2,(H,25,28)/t23-/m1/s1. The first-order chi connectivity index (χ1) is 14.7. The predicted molar refractivity (Wildman–Crippen MR) is 120 cm³/mol. The zero-order chi connectivity index (χ0) is 21.2. The number of amides is 1. The van der Waals surface area contributed by atoms with Crippen molar-refractivity contribution in [3.05, 3.63) is 96.1 Å². The van der Waals surface area contributed by atoms with E-state index in [2.05, 4.69) is 5.32 Å². The first-order valence-corrected chi connectivity index (χ1v) is 10.6. The molecule has 0 radical (unpaired) electrons. The highest BCUT2D eigenvalue weighted by molar-refractivity contribution is 8.00. The lowest BCUT2D eigenvalue weighted by molar-refractivity contribution is -0.116. The first-order valence-electron chi connectivity index (χ1n) is 9.54. The minimum atomic E-state index is -0.399. The Morgan fingerprint density at radius 3 is 2.17 bits per heavy atom. The van der Waals surface area contributed by atoms with E-state index in [1.165, 1.54) is 11.8 Å². The van der Waals surface area contributed by atoms with E-state index in [9.17, 15) is 9.59 Å². The molecule has 0 saturated heterocycles. The van der Waals surface area contributed by atoms with Gasteiger partial charge in [0.15, 0.2) is 12.6 Å². The molecule has 30 heavy (non-hydrogen) atoms. The van der Waals surface area contributed by atoms with E-state index in [0.29, 0.717) is 22.8 Å². The van der Waals surface area contributed by atoms with Crippen molar-refractivity contribution in [3.8, 4) is 5.75 Å². The molecule has 154 valence electrons. The van der Waals surface area contributed by atoms with Gasteiger partial charge in [0.25, 0.3) is 0 Å². The van der Waals surface area contributed by atoms with E-state index in [4.69, 9.17) is 9.84 Å². The lowest BCUT2D eigenvalue weighted by atomic mass is 10.1. The van der Waals surface area contributed by atoms with Gasteiger partial charge in [-0.05, 0) is 29.8 Å². The Morgan fingerprint density at radius 2 is 1.53 bits per heavy atom. The van der Waals surface area contributed by atoms with Crippen LogP contribution in [-0.4, -0.2) is 29.3 Å². The lowest BCUT2D eigenvalue weighted by Crippen LogP contribution is -2.15. The van der Waals surface area contributed by atoms with Gasteiger partial charge in [0, 0.05) is 22.9 Å². The monoisotopic (exact) mass is 421 g/mol. The summed E-state index contributed by atoms with van der Waals surface area (Å²) in [6.45, 7) is -0.399. The number of carbonyl (C=O) groups is 2. The highest BCUT2D eigenvalue weighted by Gasteiger charge is 2.19. The largest absolute Gasteiger partial charge is 0.468 e. The van der Waals surface area contributed by atoms with Crippen LogP contribution in [0.15, 0.2) is 84.9 Å². The number of ether oxygens (including phenoxy) is 1. The summed E-state index contributed by atoms with van der Waals surface area (Å²) in [7, 11) is 0. The fourth-order valence-corrected chi connectivity index (χ4v) is 4.05. The van der Waals surface area contributed by atoms with Crippen molar-refractivity contribution in [2.24, 2.45) is 0 Å². The molecule has 0 spiro atoms. The number of aliphatic hydroxyl groups excluding tert-OH is 1. The maximum Gasteiger partial charge on any atom is 0.225 e. The second-order valence-electron chi connectivity index (χ2n) is 6.55. The van der Waals surface area contributed by atoms with Crippen molar-refractivity contribution >= 4 is 29.1 Å². The van der Waals surface area contributed by atoms with Crippen molar-refractivity contribution < 1.29 is 19.4 Å². The molecule has 0 aromatic heterocycles. The predicted octanol–water partition coefficient (Wildman–Crippen LogP) is 4.70. The van der Waals surface area contributed by atoms with Gasteiger partial charge in [0.2, 0.25) is 5.91 Å². The van der Waals surface area contributed by atoms with E-state index in [0.717, 1.165) is 5.56 Å². The number of anilines is 1. The molecule has 2 N–H and O–H groups in total. The number of ketones is 1. The average molecular weight is 422 g/mol. The SMILES string of the molecule is O=C(C[C@@H](SCC(=O)c1ccccc1)c1ccccc1)Nc1ccc(OCO)cc1. The number of benzene rings is 3. The van der Waals surface area contributed by atoms with Crippen LogP contribution < -0.4 is 10.1 Å². The topological polar surface area (TPSA) is 75.6 Å². The second kappa shape index (κ2) is 11.2. The van der Waals surface area contributed by atoms with Crippen LogP contribution in [0.3, 0.4) is 0 Å². The number of thioether (sulfide) groups is 1. The van der Waals surface area contributed by atoms with E-state index < -0.39 is 6.79 Å². The molecule has 1 amide bonds. The Balaban J connectivity index is 1.63. The first kappa shape index (κ1) is 21.6. The third-order valence-electron chi connectivity index (χ3n) is 4.42. The smallest absolute Gasteiger partial charge is 0.225 e. The third-order valence-corrected chi connectivity index (χ3v) is 5.69. The number of aliphatic hydroxyl groups is 1. The molecule has 3 rings (SSSR count). The van der Waals surface area contributed by atoms with Gasteiger partial charge in [-0.2, -0.15) is 0 Å². The quantitative estimate of drug-likeness (QED) is 0.367. The molecule has 0 fully saturated rings. The van der Waals surface area contributed by atoms with E-state index in [1.54, 1.807) is 36.4 Å². The van der Waals surface area contributed by atoms with Crippen LogP contribution in [0.25, 0.3) is 0 Å². The normalized spacial score (nSPS) is 11.5. The molecule has 5 nitrogen and oxygen atoms in total. The van der Waals surface area contributed by atoms with Crippen molar-refractivity contribution in [3.63, 3.8) is 0 Å². The fourth-order valence-electron chi connectivity index (χ4n) is 2.91. The number of rotatable bonds is 10. The van der Waals surface area contributed by atoms with Gasteiger partial charge in [0.05, 0.1) is 5.75 Å². The molecule has 1 atom stereocenters. The summed E-state index contributed by atoms with van der Waals surface area (Å²) in [5, 5.41) is 11.5. The highest BCUT2D eigenvalue weighted by atomic mass is 32.2. The van der Waals surface area contributed by atoms with Crippen molar-refractivity contribution in [2.45, 2.75) is 11.7 Å². The molecule has 0 aliphatic heterocycles. The zero-order valence-corrected chi connectivity index (χ0v) is 17.2. The Morgan fingerprint density at radius 1 is 0.900 bits per heavy atom. The highest BCUT2D eigenvalue weighted by Crippen LogP contribution is 2.33. The Bertz CT molecular complexity index is 946. The summed E-state index contributed by atoms with van der Waals surface area (Å²) in [5.74, 6) is 0.720.